The van der Waals surface area contributed by atoms with Gasteiger partial charge in [-0.3, -0.25) is 4.79 Å². The van der Waals surface area contributed by atoms with Gasteiger partial charge in [-0.05, 0) is 31.9 Å². The fraction of sp³-hybridized carbons (Fsp3) is 0.579. The van der Waals surface area contributed by atoms with Gasteiger partial charge in [0.25, 0.3) is 0 Å². The van der Waals surface area contributed by atoms with Gasteiger partial charge in [0.15, 0.2) is 0 Å². The molecule has 2 fully saturated rings. The van der Waals surface area contributed by atoms with Crippen molar-refractivity contribution in [3.05, 3.63) is 30.1 Å². The van der Waals surface area contributed by atoms with Crippen molar-refractivity contribution in [2.75, 3.05) is 18.9 Å². The first-order chi connectivity index (χ1) is 12.2. The number of para-hydroxylation sites is 2. The molecule has 3 unspecified atom stereocenters. The van der Waals surface area contributed by atoms with Crippen LogP contribution in [0, 0.1) is 0 Å². The molecule has 3 atom stereocenters. The number of H-pyrrole nitrogens is 1. The van der Waals surface area contributed by atoms with Crippen LogP contribution in [-0.2, 0) is 9.53 Å². The van der Waals surface area contributed by atoms with Gasteiger partial charge in [-0.25, -0.2) is 4.98 Å². The van der Waals surface area contributed by atoms with Crippen molar-refractivity contribution < 1.29 is 9.53 Å². The Morgan fingerprint density at radius 3 is 3.12 bits per heavy atom. The molecule has 0 bridgehead atoms. The third-order valence-electron chi connectivity index (χ3n) is 5.30. The predicted octanol–water partition coefficient (Wildman–Crippen LogP) is 3.53. The number of nitrogens with one attached hydrogen (secondary N) is 1. The van der Waals surface area contributed by atoms with Gasteiger partial charge < -0.3 is 14.6 Å². The second-order valence-electron chi connectivity index (χ2n) is 6.94. The van der Waals surface area contributed by atoms with E-state index < -0.39 is 0 Å². The predicted molar refractivity (Wildman–Crippen MR) is 101 cm³/mol. The quantitative estimate of drug-likeness (QED) is 0.907. The molecule has 1 amide bonds. The van der Waals surface area contributed by atoms with Crippen LogP contribution in [0.15, 0.2) is 24.3 Å². The Morgan fingerprint density at radius 2 is 2.24 bits per heavy atom. The van der Waals surface area contributed by atoms with Crippen LogP contribution in [0.5, 0.6) is 0 Å². The number of imidazole rings is 1. The summed E-state index contributed by atoms with van der Waals surface area (Å²) in [6, 6.07) is 8.33. The molecule has 1 saturated carbocycles. The summed E-state index contributed by atoms with van der Waals surface area (Å²) in [5.41, 5.74) is 2.03. The molecule has 5 nitrogen and oxygen atoms in total. The van der Waals surface area contributed by atoms with Gasteiger partial charge in [-0.15, -0.1) is 11.8 Å². The molecule has 0 radical (unpaired) electrons. The number of ether oxygens (including phenoxy) is 1. The van der Waals surface area contributed by atoms with Crippen LogP contribution in [-0.4, -0.2) is 51.8 Å². The molecule has 1 N–H and O–H groups in total. The largest absolute Gasteiger partial charge is 0.374 e. The molecule has 6 heteroatoms. The summed E-state index contributed by atoms with van der Waals surface area (Å²) in [5.74, 6) is 1.69. The van der Waals surface area contributed by atoms with Crippen LogP contribution >= 0.6 is 11.8 Å². The lowest BCUT2D eigenvalue weighted by molar-refractivity contribution is -0.146. The first-order valence-corrected chi connectivity index (χ1v) is 10.2. The third kappa shape index (κ3) is 3.55. The molecule has 1 saturated heterocycles. The lowest BCUT2D eigenvalue weighted by Gasteiger charge is -2.43. The van der Waals surface area contributed by atoms with Crippen LogP contribution in [0.25, 0.3) is 11.0 Å². The molecular weight excluding hydrogens is 334 g/mol. The second-order valence-corrected chi connectivity index (χ2v) is 8.27. The van der Waals surface area contributed by atoms with Crippen molar-refractivity contribution in [3.8, 4) is 0 Å². The molecule has 25 heavy (non-hydrogen) atoms. The van der Waals surface area contributed by atoms with Crippen molar-refractivity contribution in [2.24, 2.45) is 0 Å². The fourth-order valence-corrected chi connectivity index (χ4v) is 4.76. The highest BCUT2D eigenvalue weighted by Crippen LogP contribution is 2.31. The number of rotatable bonds is 4. The van der Waals surface area contributed by atoms with Crippen molar-refractivity contribution >= 4 is 28.7 Å². The van der Waals surface area contributed by atoms with Gasteiger partial charge in [0.2, 0.25) is 5.91 Å². The Bertz CT molecular complexity index is 712. The number of thioether (sulfide) groups is 1. The molecule has 4 rings (SSSR count). The number of amides is 1. The van der Waals surface area contributed by atoms with Gasteiger partial charge in [-0.1, -0.05) is 25.0 Å². The summed E-state index contributed by atoms with van der Waals surface area (Å²) in [5, 5.41) is 0.166. The van der Waals surface area contributed by atoms with E-state index in [1.165, 1.54) is 12.8 Å². The molecular formula is C19H25N3O2S. The van der Waals surface area contributed by atoms with E-state index in [-0.39, 0.29) is 23.3 Å². The molecule has 2 heterocycles. The number of aromatic nitrogens is 2. The average Bonchev–Trinajstić information content (AvgIpc) is 3.09. The van der Waals surface area contributed by atoms with Gasteiger partial charge in [0, 0.05) is 6.54 Å². The number of hydrogen-bond donors (Lipinski definition) is 1. The van der Waals surface area contributed by atoms with Crippen LogP contribution in [0.4, 0.5) is 0 Å². The summed E-state index contributed by atoms with van der Waals surface area (Å²) >= 11 is 1.66. The number of carbonyl (C=O) groups excluding carboxylic acids is 1. The van der Waals surface area contributed by atoms with Crippen LogP contribution in [0.3, 0.4) is 0 Å². The summed E-state index contributed by atoms with van der Waals surface area (Å²) < 4.78 is 5.88. The summed E-state index contributed by atoms with van der Waals surface area (Å²) in [6.45, 7) is 3.52. The second kappa shape index (κ2) is 7.38. The maximum atomic E-state index is 12.8. The summed E-state index contributed by atoms with van der Waals surface area (Å²) in [4.78, 5) is 22.9. The molecule has 2 aromatic rings. The van der Waals surface area contributed by atoms with E-state index in [2.05, 4.69) is 21.8 Å². The van der Waals surface area contributed by atoms with Gasteiger partial charge >= 0.3 is 0 Å². The van der Waals surface area contributed by atoms with Gasteiger partial charge in [0.05, 0.1) is 40.8 Å². The zero-order valence-corrected chi connectivity index (χ0v) is 15.4. The number of nitrogens with zero attached hydrogens (tertiary/aromatic N) is 2. The Morgan fingerprint density at radius 1 is 1.40 bits per heavy atom. The van der Waals surface area contributed by atoms with E-state index in [4.69, 9.17) is 4.74 Å². The van der Waals surface area contributed by atoms with Crippen molar-refractivity contribution in [1.82, 2.24) is 14.9 Å². The highest BCUT2D eigenvalue weighted by Gasteiger charge is 2.36. The first-order valence-electron chi connectivity index (χ1n) is 9.19. The zero-order valence-electron chi connectivity index (χ0n) is 14.6. The molecule has 1 aliphatic carbocycles. The van der Waals surface area contributed by atoms with E-state index in [9.17, 15) is 4.79 Å². The maximum Gasteiger partial charge on any atom is 0.233 e. The van der Waals surface area contributed by atoms with Gasteiger partial charge in [0.1, 0.15) is 5.82 Å². The highest BCUT2D eigenvalue weighted by atomic mass is 32.2. The minimum atomic E-state index is 0.166. The number of aromatic amines is 1. The third-order valence-corrected chi connectivity index (χ3v) is 6.44. The smallest absolute Gasteiger partial charge is 0.233 e. The van der Waals surface area contributed by atoms with E-state index in [0.717, 1.165) is 36.2 Å². The maximum absolute atomic E-state index is 12.8. The van der Waals surface area contributed by atoms with E-state index in [1.54, 1.807) is 11.8 Å². The van der Waals surface area contributed by atoms with Crippen LogP contribution in [0.2, 0.25) is 0 Å². The van der Waals surface area contributed by atoms with Crippen LogP contribution in [0.1, 0.15) is 43.7 Å². The minimum Gasteiger partial charge on any atom is -0.374 e. The Balaban J connectivity index is 1.37. The van der Waals surface area contributed by atoms with Crippen molar-refractivity contribution in [2.45, 2.75) is 50.0 Å². The summed E-state index contributed by atoms with van der Waals surface area (Å²) in [6.07, 6.45) is 4.86. The molecule has 0 spiro atoms. The lowest BCUT2D eigenvalue weighted by atomic mass is 9.90. The van der Waals surface area contributed by atoms with E-state index in [1.807, 2.05) is 24.3 Å². The Kier molecular flexibility index (Phi) is 4.99. The van der Waals surface area contributed by atoms with E-state index in [0.29, 0.717) is 12.4 Å². The minimum absolute atomic E-state index is 0.166. The number of fused-ring (bicyclic) bond motifs is 2. The normalized spacial score (nSPS) is 24.9. The molecule has 1 aromatic heterocycles. The average molecular weight is 359 g/mol. The zero-order chi connectivity index (χ0) is 17.2. The number of hydrogen-bond acceptors (Lipinski definition) is 4. The SMILES string of the molecule is CC(SCC(=O)N1CCOC2CCCCC21)c1nc2ccccc2[nH]1. The van der Waals surface area contributed by atoms with Crippen molar-refractivity contribution in [3.63, 3.8) is 0 Å². The fourth-order valence-electron chi connectivity index (χ4n) is 3.93. The monoisotopic (exact) mass is 359 g/mol. The number of morpholine rings is 1. The molecule has 2 aliphatic rings. The number of carbonyl (C=O) groups is 1. The first kappa shape index (κ1) is 16.9. The molecule has 1 aromatic carbocycles. The van der Waals surface area contributed by atoms with Crippen LogP contribution < -0.4 is 0 Å². The molecule has 134 valence electrons. The highest BCUT2D eigenvalue weighted by molar-refractivity contribution is 8.00. The van der Waals surface area contributed by atoms with Gasteiger partial charge in [-0.2, -0.15) is 0 Å². The molecule has 1 aliphatic heterocycles. The van der Waals surface area contributed by atoms with E-state index >= 15 is 0 Å². The summed E-state index contributed by atoms with van der Waals surface area (Å²) in [7, 11) is 0. The topological polar surface area (TPSA) is 58.2 Å². The Labute approximate surface area is 152 Å². The standard InChI is InChI=1S/C19H25N3O2S/c1-13(19-20-14-6-2-3-7-15(14)21-19)25-12-18(23)22-10-11-24-17-9-5-4-8-16(17)22/h2-3,6-7,13,16-17H,4-5,8-12H2,1H3,(H,20,21). The Hall–Kier alpha value is -1.53. The lowest BCUT2D eigenvalue weighted by Crippen LogP contribution is -2.55. The van der Waals surface area contributed by atoms with Crippen molar-refractivity contribution in [1.29, 1.82) is 0 Å². The number of benzene rings is 1.